The molecule has 0 radical (unpaired) electrons. The number of ether oxygens (including phenoxy) is 1. The molecule has 166 valence electrons. The third-order valence-corrected chi connectivity index (χ3v) is 5.43. The molecule has 2 saturated heterocycles. The van der Waals surface area contributed by atoms with Crippen molar-refractivity contribution in [3.8, 4) is 0 Å². The molecule has 1 aromatic rings. The van der Waals surface area contributed by atoms with Gasteiger partial charge in [0.15, 0.2) is 0 Å². The zero-order chi connectivity index (χ0) is 21.7. The van der Waals surface area contributed by atoms with Crippen molar-refractivity contribution in [2.24, 2.45) is 0 Å². The van der Waals surface area contributed by atoms with Crippen LogP contribution < -0.4 is 4.90 Å². The van der Waals surface area contributed by atoms with Crippen LogP contribution in [-0.2, 0) is 15.7 Å². The predicted octanol–water partition coefficient (Wildman–Crippen LogP) is 2.13. The second kappa shape index (κ2) is 9.55. The van der Waals surface area contributed by atoms with E-state index in [-0.39, 0.29) is 18.5 Å². The summed E-state index contributed by atoms with van der Waals surface area (Å²) in [5, 5.41) is 0. The Kier molecular flexibility index (Phi) is 7.06. The Morgan fingerprint density at radius 1 is 0.967 bits per heavy atom. The molecule has 2 fully saturated rings. The Balaban J connectivity index is 1.45. The van der Waals surface area contributed by atoms with Gasteiger partial charge in [0.2, 0.25) is 5.91 Å². The predicted molar refractivity (Wildman–Crippen MR) is 105 cm³/mol. The number of halogens is 3. The Morgan fingerprint density at radius 3 is 2.20 bits per heavy atom. The van der Waals surface area contributed by atoms with Crippen LogP contribution in [0.15, 0.2) is 24.3 Å². The van der Waals surface area contributed by atoms with Crippen LogP contribution in [0, 0.1) is 0 Å². The van der Waals surface area contributed by atoms with Gasteiger partial charge in [-0.3, -0.25) is 9.69 Å². The van der Waals surface area contributed by atoms with E-state index in [1.165, 1.54) is 6.07 Å². The van der Waals surface area contributed by atoms with E-state index in [1.54, 1.807) is 22.8 Å². The second-order valence-electron chi connectivity index (χ2n) is 7.38. The lowest BCUT2D eigenvalue weighted by atomic mass is 10.1. The molecule has 1 aromatic carbocycles. The van der Waals surface area contributed by atoms with Crippen LogP contribution in [0.25, 0.3) is 0 Å². The van der Waals surface area contributed by atoms with Crippen molar-refractivity contribution in [1.29, 1.82) is 0 Å². The smallest absolute Gasteiger partial charge is 0.416 e. The molecule has 0 bridgehead atoms. The fourth-order valence-corrected chi connectivity index (χ4v) is 3.69. The molecule has 7 nitrogen and oxygen atoms in total. The maximum atomic E-state index is 12.9. The van der Waals surface area contributed by atoms with Gasteiger partial charge >= 0.3 is 12.3 Å². The van der Waals surface area contributed by atoms with Gasteiger partial charge in [-0.2, -0.15) is 13.2 Å². The molecule has 10 heteroatoms. The summed E-state index contributed by atoms with van der Waals surface area (Å²) in [6.07, 6.45) is -4.69. The van der Waals surface area contributed by atoms with Gasteiger partial charge in [0.05, 0.1) is 18.7 Å². The lowest BCUT2D eigenvalue weighted by Gasteiger charge is -2.38. The number of piperazine rings is 2. The summed E-state index contributed by atoms with van der Waals surface area (Å²) in [7, 11) is 0. The first-order valence-electron chi connectivity index (χ1n) is 10.1. The minimum atomic E-state index is -4.37. The zero-order valence-electron chi connectivity index (χ0n) is 17.0. The lowest BCUT2D eigenvalue weighted by Crippen LogP contribution is -2.54. The van der Waals surface area contributed by atoms with Gasteiger partial charge in [0, 0.05) is 58.0 Å². The summed E-state index contributed by atoms with van der Waals surface area (Å²) >= 11 is 0. The van der Waals surface area contributed by atoms with E-state index in [4.69, 9.17) is 4.74 Å². The highest BCUT2D eigenvalue weighted by Crippen LogP contribution is 2.31. The molecule has 2 aliphatic rings. The van der Waals surface area contributed by atoms with E-state index in [2.05, 4.69) is 0 Å². The number of carbonyl (C=O) groups excluding carboxylic acids is 2. The van der Waals surface area contributed by atoms with Crippen LogP contribution in [0.4, 0.5) is 23.7 Å². The molecule has 0 aliphatic carbocycles. The minimum absolute atomic E-state index is 0.00303. The van der Waals surface area contributed by atoms with Crippen molar-refractivity contribution < 1.29 is 27.5 Å². The van der Waals surface area contributed by atoms with E-state index in [1.807, 2.05) is 9.80 Å². The van der Waals surface area contributed by atoms with Gasteiger partial charge in [-0.05, 0) is 25.1 Å². The maximum absolute atomic E-state index is 12.9. The molecule has 0 unspecified atom stereocenters. The van der Waals surface area contributed by atoms with E-state index >= 15 is 0 Å². The zero-order valence-corrected chi connectivity index (χ0v) is 17.0. The third kappa shape index (κ3) is 5.56. The van der Waals surface area contributed by atoms with Gasteiger partial charge in [0.25, 0.3) is 0 Å². The first-order valence-corrected chi connectivity index (χ1v) is 10.1. The van der Waals surface area contributed by atoms with E-state index in [9.17, 15) is 22.8 Å². The molecule has 2 aliphatic heterocycles. The van der Waals surface area contributed by atoms with Crippen molar-refractivity contribution >= 4 is 17.7 Å². The van der Waals surface area contributed by atoms with Crippen LogP contribution in [0.2, 0.25) is 0 Å². The Hall–Kier alpha value is -2.49. The van der Waals surface area contributed by atoms with Crippen LogP contribution in [0.1, 0.15) is 12.5 Å². The number of amides is 2. The molecule has 0 aromatic heterocycles. The topological polar surface area (TPSA) is 56.3 Å². The molecule has 2 amide bonds. The summed E-state index contributed by atoms with van der Waals surface area (Å²) in [5.41, 5.74) is -0.146. The number of carbonyl (C=O) groups is 2. The van der Waals surface area contributed by atoms with Gasteiger partial charge in [-0.1, -0.05) is 6.07 Å². The number of alkyl halides is 3. The summed E-state index contributed by atoms with van der Waals surface area (Å²) in [5.74, 6) is 0.00303. The molecule has 3 rings (SSSR count). The van der Waals surface area contributed by atoms with Gasteiger partial charge < -0.3 is 19.4 Å². The molecule has 30 heavy (non-hydrogen) atoms. The van der Waals surface area contributed by atoms with Crippen LogP contribution in [-0.4, -0.2) is 92.2 Å². The second-order valence-corrected chi connectivity index (χ2v) is 7.38. The van der Waals surface area contributed by atoms with Crippen molar-refractivity contribution in [1.82, 2.24) is 14.7 Å². The molecule has 0 atom stereocenters. The van der Waals surface area contributed by atoms with Gasteiger partial charge in [-0.25, -0.2) is 4.79 Å². The molecular formula is C20H27F3N4O3. The van der Waals surface area contributed by atoms with Gasteiger partial charge in [-0.15, -0.1) is 0 Å². The first kappa shape index (κ1) is 22.2. The Bertz CT molecular complexity index is 743. The summed E-state index contributed by atoms with van der Waals surface area (Å²) in [4.78, 5) is 31.6. The van der Waals surface area contributed by atoms with Crippen molar-refractivity contribution in [3.05, 3.63) is 29.8 Å². The Morgan fingerprint density at radius 2 is 1.60 bits per heavy atom. The fourth-order valence-electron chi connectivity index (χ4n) is 3.69. The number of benzene rings is 1. The highest BCUT2D eigenvalue weighted by Gasteiger charge is 2.31. The van der Waals surface area contributed by atoms with Crippen molar-refractivity contribution in [3.63, 3.8) is 0 Å². The fraction of sp³-hybridized carbons (Fsp3) is 0.600. The van der Waals surface area contributed by atoms with E-state index in [0.29, 0.717) is 64.7 Å². The number of hydrogen-bond donors (Lipinski definition) is 0. The average Bonchev–Trinajstić information content (AvgIpc) is 2.74. The number of anilines is 1. The normalized spacial score (nSPS) is 18.5. The minimum Gasteiger partial charge on any atom is -0.450 e. The van der Waals surface area contributed by atoms with Crippen LogP contribution in [0.5, 0.6) is 0 Å². The highest BCUT2D eigenvalue weighted by molar-refractivity contribution is 5.78. The quantitative estimate of drug-likeness (QED) is 0.736. The maximum Gasteiger partial charge on any atom is 0.416 e. The number of hydrogen-bond acceptors (Lipinski definition) is 5. The molecule has 0 saturated carbocycles. The SMILES string of the molecule is CCOC(=O)N1CCN(CC(=O)N2CCN(c3cccc(C(F)(F)F)c3)CC2)CC1. The van der Waals surface area contributed by atoms with Crippen LogP contribution in [0.3, 0.4) is 0 Å². The standard InChI is InChI=1S/C20H27F3N4O3/c1-2-30-19(29)27-8-6-24(7-9-27)15-18(28)26-12-10-25(11-13-26)17-5-3-4-16(14-17)20(21,22)23/h3-5,14H,2,6-13,15H2,1H3. The molecular weight excluding hydrogens is 401 g/mol. The lowest BCUT2D eigenvalue weighted by molar-refractivity contribution is -0.137. The third-order valence-electron chi connectivity index (χ3n) is 5.43. The first-order chi connectivity index (χ1) is 14.3. The number of rotatable bonds is 4. The van der Waals surface area contributed by atoms with Crippen molar-refractivity contribution in [2.75, 3.05) is 70.4 Å². The Labute approximate surface area is 174 Å². The van der Waals surface area contributed by atoms with E-state index in [0.717, 1.165) is 12.1 Å². The van der Waals surface area contributed by atoms with Crippen LogP contribution >= 0.6 is 0 Å². The van der Waals surface area contributed by atoms with E-state index < -0.39 is 11.7 Å². The average molecular weight is 428 g/mol. The monoisotopic (exact) mass is 428 g/mol. The summed E-state index contributed by atoms with van der Waals surface area (Å²) in [6, 6.07) is 5.28. The van der Waals surface area contributed by atoms with Gasteiger partial charge in [0.1, 0.15) is 0 Å². The number of nitrogens with zero attached hydrogens (tertiary/aromatic N) is 4. The highest BCUT2D eigenvalue weighted by atomic mass is 19.4. The molecule has 0 spiro atoms. The summed E-state index contributed by atoms with van der Waals surface area (Å²) in [6.45, 7) is 6.56. The molecule has 0 N–H and O–H groups in total. The largest absolute Gasteiger partial charge is 0.450 e. The van der Waals surface area contributed by atoms with Crippen molar-refractivity contribution in [2.45, 2.75) is 13.1 Å². The molecule has 2 heterocycles. The summed E-state index contributed by atoms with van der Waals surface area (Å²) < 4.78 is 43.8.